The molecule has 1 amide bonds. The van der Waals surface area contributed by atoms with Crippen LogP contribution in [0.15, 0.2) is 35.4 Å². The average molecular weight is 311 g/mol. The number of aromatic nitrogens is 4. The minimum Gasteiger partial charge on any atom is -0.311 e. The Labute approximate surface area is 132 Å². The number of carbonyl (C=O) groups is 1. The highest BCUT2D eigenvalue weighted by Gasteiger charge is 2.11. The minimum absolute atomic E-state index is 0.184. The van der Waals surface area contributed by atoms with Crippen molar-refractivity contribution in [3.8, 4) is 0 Å². The molecule has 0 aliphatic heterocycles. The summed E-state index contributed by atoms with van der Waals surface area (Å²) in [5, 5.41) is 0. The Bertz CT molecular complexity index is 926. The first-order valence-electron chi connectivity index (χ1n) is 7.33. The summed E-state index contributed by atoms with van der Waals surface area (Å²) < 4.78 is 1.59. The number of hydrogen-bond acceptors (Lipinski definition) is 4. The standard InChI is InChI=1S/C16H17N5O2/c1-10-12(16(23)19-11(2)18-10)7-8-15(22)20-21-9-17-13-5-3-4-6-14(13)21/h3-6,9H,7-8H2,1-2H3,(H,20,22)(H,18,19,23). The highest BCUT2D eigenvalue weighted by atomic mass is 16.2. The molecule has 3 aromatic rings. The second kappa shape index (κ2) is 6.04. The van der Waals surface area contributed by atoms with Gasteiger partial charge in [-0.2, -0.15) is 0 Å². The smallest absolute Gasteiger partial charge is 0.254 e. The molecule has 0 saturated carbocycles. The Morgan fingerprint density at radius 3 is 2.87 bits per heavy atom. The largest absolute Gasteiger partial charge is 0.311 e. The topological polar surface area (TPSA) is 92.7 Å². The summed E-state index contributed by atoms with van der Waals surface area (Å²) in [6.45, 7) is 3.51. The van der Waals surface area contributed by atoms with Gasteiger partial charge in [0.1, 0.15) is 12.2 Å². The molecule has 0 aliphatic rings. The van der Waals surface area contributed by atoms with Crippen LogP contribution in [0.4, 0.5) is 0 Å². The van der Waals surface area contributed by atoms with E-state index in [9.17, 15) is 9.59 Å². The molecule has 0 aliphatic carbocycles. The van der Waals surface area contributed by atoms with E-state index in [1.165, 1.54) is 0 Å². The maximum Gasteiger partial charge on any atom is 0.254 e. The number of para-hydroxylation sites is 2. The second-order valence-electron chi connectivity index (χ2n) is 5.35. The Hall–Kier alpha value is -2.96. The molecular weight excluding hydrogens is 294 g/mol. The molecule has 0 fully saturated rings. The minimum atomic E-state index is -0.187. The van der Waals surface area contributed by atoms with E-state index in [4.69, 9.17) is 0 Å². The molecule has 2 aromatic heterocycles. The first kappa shape index (κ1) is 15.0. The monoisotopic (exact) mass is 311 g/mol. The number of aromatic amines is 1. The Kier molecular flexibility index (Phi) is 3.92. The molecule has 0 spiro atoms. The molecule has 0 bridgehead atoms. The zero-order valence-electron chi connectivity index (χ0n) is 13.0. The Balaban J connectivity index is 1.70. The predicted octanol–water partition coefficient (Wildman–Crippen LogP) is 1.44. The summed E-state index contributed by atoms with van der Waals surface area (Å²) in [6, 6.07) is 7.52. The van der Waals surface area contributed by atoms with E-state index in [0.29, 0.717) is 23.5 Å². The van der Waals surface area contributed by atoms with E-state index in [-0.39, 0.29) is 17.9 Å². The third-order valence-electron chi connectivity index (χ3n) is 3.64. The molecule has 118 valence electrons. The summed E-state index contributed by atoms with van der Waals surface area (Å²) in [5.74, 6) is 0.387. The van der Waals surface area contributed by atoms with Crippen molar-refractivity contribution in [3.05, 3.63) is 58.0 Å². The van der Waals surface area contributed by atoms with E-state index in [1.54, 1.807) is 24.9 Å². The lowest BCUT2D eigenvalue weighted by Gasteiger charge is -2.08. The number of benzene rings is 1. The third-order valence-corrected chi connectivity index (χ3v) is 3.64. The molecule has 3 rings (SSSR count). The lowest BCUT2D eigenvalue weighted by Crippen LogP contribution is -2.24. The molecule has 0 radical (unpaired) electrons. The van der Waals surface area contributed by atoms with Crippen LogP contribution in [-0.2, 0) is 11.2 Å². The van der Waals surface area contributed by atoms with E-state index >= 15 is 0 Å². The van der Waals surface area contributed by atoms with E-state index in [0.717, 1.165) is 11.0 Å². The number of fused-ring (bicyclic) bond motifs is 1. The number of carbonyl (C=O) groups excluding carboxylic acids is 1. The van der Waals surface area contributed by atoms with Gasteiger partial charge in [-0.3, -0.25) is 15.0 Å². The SMILES string of the molecule is Cc1nc(C)c(CCC(=O)Nn2cnc3ccccc32)c(=O)[nH]1. The number of imidazole rings is 1. The van der Waals surface area contributed by atoms with Gasteiger partial charge in [-0.1, -0.05) is 12.1 Å². The summed E-state index contributed by atoms with van der Waals surface area (Å²) in [6.07, 6.45) is 2.10. The van der Waals surface area contributed by atoms with Gasteiger partial charge in [0.05, 0.1) is 11.0 Å². The summed E-state index contributed by atoms with van der Waals surface area (Å²) in [4.78, 5) is 35.1. The van der Waals surface area contributed by atoms with E-state index in [2.05, 4.69) is 20.4 Å². The summed E-state index contributed by atoms with van der Waals surface area (Å²) in [7, 11) is 0. The van der Waals surface area contributed by atoms with Crippen molar-refractivity contribution in [2.24, 2.45) is 0 Å². The van der Waals surface area contributed by atoms with Crippen LogP contribution in [0.2, 0.25) is 0 Å². The molecule has 7 nitrogen and oxygen atoms in total. The van der Waals surface area contributed by atoms with Crippen LogP contribution < -0.4 is 11.0 Å². The van der Waals surface area contributed by atoms with Gasteiger partial charge in [0.25, 0.3) is 5.56 Å². The molecule has 0 unspecified atom stereocenters. The maximum absolute atomic E-state index is 12.1. The fraction of sp³-hybridized carbons (Fsp3) is 0.250. The summed E-state index contributed by atoms with van der Waals surface area (Å²) >= 11 is 0. The number of amides is 1. The zero-order valence-corrected chi connectivity index (χ0v) is 13.0. The predicted molar refractivity (Wildman–Crippen MR) is 86.8 cm³/mol. The van der Waals surface area contributed by atoms with Gasteiger partial charge in [-0.15, -0.1) is 0 Å². The van der Waals surface area contributed by atoms with Gasteiger partial charge in [-0.25, -0.2) is 14.6 Å². The van der Waals surface area contributed by atoms with Crippen LogP contribution in [-0.4, -0.2) is 25.5 Å². The van der Waals surface area contributed by atoms with Crippen LogP contribution in [0.5, 0.6) is 0 Å². The number of nitrogens with one attached hydrogen (secondary N) is 2. The lowest BCUT2D eigenvalue weighted by atomic mass is 10.1. The molecule has 7 heteroatoms. The quantitative estimate of drug-likeness (QED) is 0.762. The lowest BCUT2D eigenvalue weighted by molar-refractivity contribution is -0.117. The number of aryl methyl sites for hydroxylation is 2. The number of H-pyrrole nitrogens is 1. The van der Waals surface area contributed by atoms with Crippen LogP contribution in [0.25, 0.3) is 11.0 Å². The number of rotatable bonds is 4. The maximum atomic E-state index is 12.1. The molecular formula is C16H17N5O2. The van der Waals surface area contributed by atoms with E-state index < -0.39 is 0 Å². The van der Waals surface area contributed by atoms with Gasteiger partial charge in [0.15, 0.2) is 0 Å². The van der Waals surface area contributed by atoms with Gasteiger partial charge in [-0.05, 0) is 32.4 Å². The molecule has 2 N–H and O–H groups in total. The van der Waals surface area contributed by atoms with E-state index in [1.807, 2.05) is 24.3 Å². The number of nitrogens with zero attached hydrogens (tertiary/aromatic N) is 3. The van der Waals surface area contributed by atoms with Crippen LogP contribution in [0, 0.1) is 13.8 Å². The van der Waals surface area contributed by atoms with Crippen molar-refractivity contribution in [3.63, 3.8) is 0 Å². The molecule has 0 saturated heterocycles. The normalized spacial score (nSPS) is 10.9. The Morgan fingerprint density at radius 1 is 1.30 bits per heavy atom. The number of hydrogen-bond donors (Lipinski definition) is 2. The molecule has 23 heavy (non-hydrogen) atoms. The summed E-state index contributed by atoms with van der Waals surface area (Å²) in [5.41, 5.74) is 5.42. The fourth-order valence-electron chi connectivity index (χ4n) is 2.52. The van der Waals surface area contributed by atoms with Gasteiger partial charge in [0.2, 0.25) is 5.91 Å². The molecule has 2 heterocycles. The van der Waals surface area contributed by atoms with Crippen molar-refractivity contribution >= 4 is 16.9 Å². The first-order valence-corrected chi connectivity index (χ1v) is 7.33. The van der Waals surface area contributed by atoms with Crippen molar-refractivity contribution in [2.75, 3.05) is 5.43 Å². The molecule has 1 aromatic carbocycles. The van der Waals surface area contributed by atoms with Crippen molar-refractivity contribution in [2.45, 2.75) is 26.7 Å². The van der Waals surface area contributed by atoms with Crippen LogP contribution >= 0.6 is 0 Å². The first-order chi connectivity index (χ1) is 11.0. The zero-order chi connectivity index (χ0) is 16.4. The average Bonchev–Trinajstić information content (AvgIpc) is 2.89. The van der Waals surface area contributed by atoms with Gasteiger partial charge < -0.3 is 4.98 Å². The highest BCUT2D eigenvalue weighted by molar-refractivity contribution is 5.86. The highest BCUT2D eigenvalue weighted by Crippen LogP contribution is 2.10. The fourth-order valence-corrected chi connectivity index (χ4v) is 2.52. The van der Waals surface area contributed by atoms with Crippen molar-refractivity contribution < 1.29 is 4.79 Å². The third kappa shape index (κ3) is 3.13. The second-order valence-corrected chi connectivity index (χ2v) is 5.35. The molecule has 0 atom stereocenters. The van der Waals surface area contributed by atoms with Crippen LogP contribution in [0.3, 0.4) is 0 Å². The van der Waals surface area contributed by atoms with Gasteiger partial charge in [0, 0.05) is 17.7 Å². The van der Waals surface area contributed by atoms with Crippen LogP contribution in [0.1, 0.15) is 23.5 Å². The Morgan fingerprint density at radius 2 is 2.09 bits per heavy atom. The van der Waals surface area contributed by atoms with Crippen molar-refractivity contribution in [1.82, 2.24) is 19.6 Å². The van der Waals surface area contributed by atoms with Gasteiger partial charge >= 0.3 is 0 Å². The van der Waals surface area contributed by atoms with Crippen molar-refractivity contribution in [1.29, 1.82) is 0 Å².